The highest BCUT2D eigenvalue weighted by molar-refractivity contribution is 6.42. The molecule has 3 aromatic rings. The summed E-state index contributed by atoms with van der Waals surface area (Å²) in [5.74, 6) is -1.79. The van der Waals surface area contributed by atoms with Gasteiger partial charge in [0, 0.05) is 67.3 Å². The molecule has 4 N–H and O–H groups in total. The largest absolute Gasteiger partial charge is 0.359 e. The quantitative estimate of drug-likeness (QED) is 0.100. The number of carbonyl (C=O) groups is 6. The zero-order valence-corrected chi connectivity index (χ0v) is 35.7. The number of carbonyl (C=O) groups excluding carboxylic acids is 6. The van der Waals surface area contributed by atoms with Gasteiger partial charge in [0.15, 0.2) is 5.78 Å². The Morgan fingerprint density at radius 2 is 1.59 bits per heavy atom. The van der Waals surface area contributed by atoms with E-state index in [-0.39, 0.29) is 73.1 Å². The Morgan fingerprint density at radius 1 is 0.914 bits per heavy atom. The lowest BCUT2D eigenvalue weighted by Gasteiger charge is -2.25. The summed E-state index contributed by atoms with van der Waals surface area (Å²) in [5, 5.41) is 9.06. The van der Waals surface area contributed by atoms with E-state index in [0.29, 0.717) is 36.2 Å². The van der Waals surface area contributed by atoms with Gasteiger partial charge < -0.3 is 25.8 Å². The second-order valence-corrected chi connectivity index (χ2v) is 17.1. The van der Waals surface area contributed by atoms with Crippen molar-refractivity contribution in [2.45, 2.75) is 112 Å². The first kappa shape index (κ1) is 45.3. The minimum absolute atomic E-state index is 0.0579. The Hall–Kier alpha value is -5.36. The lowest BCUT2D eigenvalue weighted by Crippen LogP contribution is -2.47. The van der Waals surface area contributed by atoms with Gasteiger partial charge in [-0.15, -0.1) is 0 Å². The van der Waals surface area contributed by atoms with E-state index in [0.717, 1.165) is 27.4 Å². The number of nitrogens with one attached hydrogen (secondary N) is 4. The molecule has 0 bridgehead atoms. The Bertz CT molecular complexity index is 1980. The number of H-pyrrole nitrogens is 1. The van der Waals surface area contributed by atoms with Crippen molar-refractivity contribution in [1.82, 2.24) is 25.8 Å². The van der Waals surface area contributed by atoms with Crippen LogP contribution in [0.15, 0.2) is 60.7 Å². The van der Waals surface area contributed by atoms with Crippen molar-refractivity contribution < 1.29 is 28.8 Å². The second-order valence-electron chi connectivity index (χ2n) is 17.1. The highest BCUT2D eigenvalue weighted by Crippen LogP contribution is 2.38. The van der Waals surface area contributed by atoms with Crippen LogP contribution in [-0.2, 0) is 30.4 Å². The fourth-order valence-electron chi connectivity index (χ4n) is 7.03. The standard InChI is InChI=1S/C46H62N6O6/c1-29(2)23-34(26-35(53)28-47-46(6,7)8)43(56)50-39(25-33-15-11-10-12-16-33)41(54)19-20-42(55)51(9)22-21-31(4)49-45(58)52-40-18-14-13-17-36(40)37(44(52)57)27-38-30(3)24-32(5)48-38/h10-18,24,27,29,31,34,39,47-48H,19-23,25-26,28H2,1-9H3,(H,49,58)(H,50,56)/b37-27-. The van der Waals surface area contributed by atoms with Crippen molar-refractivity contribution in [1.29, 1.82) is 0 Å². The highest BCUT2D eigenvalue weighted by Gasteiger charge is 2.37. The van der Waals surface area contributed by atoms with Gasteiger partial charge in [0.1, 0.15) is 5.78 Å². The number of hydrogen-bond acceptors (Lipinski definition) is 7. The third kappa shape index (κ3) is 13.1. The Kier molecular flexibility index (Phi) is 15.9. The second kappa shape index (κ2) is 20.4. The van der Waals surface area contributed by atoms with Crippen LogP contribution in [0, 0.1) is 25.7 Å². The number of hydrogen-bond donors (Lipinski definition) is 4. The van der Waals surface area contributed by atoms with E-state index in [2.05, 4.69) is 20.9 Å². The van der Waals surface area contributed by atoms with Gasteiger partial charge in [0.05, 0.1) is 23.8 Å². The van der Waals surface area contributed by atoms with Crippen LogP contribution in [0.2, 0.25) is 0 Å². The minimum Gasteiger partial charge on any atom is -0.359 e. The molecule has 12 nitrogen and oxygen atoms in total. The first-order chi connectivity index (χ1) is 27.3. The summed E-state index contributed by atoms with van der Waals surface area (Å²) in [4.78, 5) is 86.7. The molecule has 2 heterocycles. The van der Waals surface area contributed by atoms with Gasteiger partial charge >= 0.3 is 6.03 Å². The molecule has 3 atom stereocenters. The van der Waals surface area contributed by atoms with Crippen LogP contribution in [-0.4, -0.2) is 83.0 Å². The number of imide groups is 1. The first-order valence-corrected chi connectivity index (χ1v) is 20.3. The summed E-state index contributed by atoms with van der Waals surface area (Å²) >= 11 is 0. The molecule has 5 amide bonds. The van der Waals surface area contributed by atoms with Crippen molar-refractivity contribution >= 4 is 52.7 Å². The van der Waals surface area contributed by atoms with E-state index in [1.54, 1.807) is 25.3 Å². The summed E-state index contributed by atoms with van der Waals surface area (Å²) in [7, 11) is 1.65. The summed E-state index contributed by atoms with van der Waals surface area (Å²) in [6.45, 7) is 16.1. The number of anilines is 1. The fourth-order valence-corrected chi connectivity index (χ4v) is 7.03. The summed E-state index contributed by atoms with van der Waals surface area (Å²) in [5.41, 5.74) is 4.98. The number of fused-ring (bicyclic) bond motifs is 1. The van der Waals surface area contributed by atoms with Gasteiger partial charge in [-0.2, -0.15) is 0 Å². The number of amides is 5. The van der Waals surface area contributed by atoms with Gasteiger partial charge in [-0.25, -0.2) is 9.69 Å². The Labute approximate surface area is 343 Å². The third-order valence-corrected chi connectivity index (χ3v) is 10.2. The maximum Gasteiger partial charge on any atom is 0.329 e. The van der Waals surface area contributed by atoms with Gasteiger partial charge in [0.25, 0.3) is 5.91 Å². The molecule has 58 heavy (non-hydrogen) atoms. The van der Waals surface area contributed by atoms with E-state index < -0.39 is 23.9 Å². The van der Waals surface area contributed by atoms with Crippen molar-refractivity contribution in [2.75, 3.05) is 25.0 Å². The molecular formula is C46H62N6O6. The van der Waals surface area contributed by atoms with Gasteiger partial charge in [-0.05, 0) is 96.1 Å². The van der Waals surface area contributed by atoms with Crippen LogP contribution in [0.3, 0.4) is 0 Å². The average molecular weight is 795 g/mol. The zero-order valence-electron chi connectivity index (χ0n) is 35.7. The van der Waals surface area contributed by atoms with Gasteiger partial charge in [-0.3, -0.25) is 24.0 Å². The molecular weight excluding hydrogens is 733 g/mol. The van der Waals surface area contributed by atoms with Crippen LogP contribution >= 0.6 is 0 Å². The topological polar surface area (TPSA) is 161 Å². The maximum absolute atomic E-state index is 13.7. The SMILES string of the molecule is Cc1cc(C)c(/C=C2\C(=O)N(C(=O)NC(C)CCN(C)C(=O)CCC(=O)C(Cc3ccccc3)NC(=O)C(CC(=O)CNC(C)(C)C)CC(C)C)c3ccccc32)[nH]1. The average Bonchev–Trinajstić information content (AvgIpc) is 3.63. The summed E-state index contributed by atoms with van der Waals surface area (Å²) in [6.07, 6.45) is 2.87. The van der Waals surface area contributed by atoms with Crippen LogP contribution in [0.25, 0.3) is 11.6 Å². The predicted octanol–water partition coefficient (Wildman–Crippen LogP) is 6.55. The highest BCUT2D eigenvalue weighted by atomic mass is 16.2. The van der Waals surface area contributed by atoms with E-state index >= 15 is 0 Å². The number of urea groups is 1. The van der Waals surface area contributed by atoms with Crippen LogP contribution in [0.4, 0.5) is 10.5 Å². The molecule has 0 saturated heterocycles. The molecule has 1 aliphatic heterocycles. The summed E-state index contributed by atoms with van der Waals surface area (Å²) in [6, 6.07) is 16.8. The van der Waals surface area contributed by atoms with Crippen LogP contribution in [0.5, 0.6) is 0 Å². The van der Waals surface area contributed by atoms with Crippen molar-refractivity contribution in [3.63, 3.8) is 0 Å². The molecule has 2 aromatic carbocycles. The molecule has 0 spiro atoms. The minimum atomic E-state index is -0.870. The lowest BCUT2D eigenvalue weighted by molar-refractivity contribution is -0.134. The molecule has 4 rings (SSSR count). The molecule has 312 valence electrons. The Morgan fingerprint density at radius 3 is 2.22 bits per heavy atom. The van der Waals surface area contributed by atoms with Crippen molar-refractivity contribution in [3.05, 3.63) is 88.7 Å². The Balaban J connectivity index is 1.33. The van der Waals surface area contributed by atoms with E-state index in [9.17, 15) is 28.8 Å². The number of benzene rings is 2. The smallest absolute Gasteiger partial charge is 0.329 e. The molecule has 1 aromatic heterocycles. The number of aromatic nitrogens is 1. The molecule has 0 fully saturated rings. The number of aryl methyl sites for hydroxylation is 2. The molecule has 3 unspecified atom stereocenters. The summed E-state index contributed by atoms with van der Waals surface area (Å²) < 4.78 is 0. The molecule has 0 aliphatic carbocycles. The van der Waals surface area contributed by atoms with E-state index in [4.69, 9.17) is 0 Å². The zero-order chi connectivity index (χ0) is 42.7. The molecule has 12 heteroatoms. The molecule has 0 saturated carbocycles. The number of Topliss-reactive ketones (excluding diaryl/α,β-unsaturated/α-hetero) is 2. The van der Waals surface area contributed by atoms with Crippen molar-refractivity contribution in [3.8, 4) is 0 Å². The fraction of sp³-hybridized carbons (Fsp3) is 0.478. The number of ketones is 2. The molecule has 1 aliphatic rings. The van der Waals surface area contributed by atoms with Crippen molar-refractivity contribution in [2.24, 2.45) is 11.8 Å². The van der Waals surface area contributed by atoms with Crippen LogP contribution in [0.1, 0.15) is 102 Å². The van der Waals surface area contributed by atoms with E-state index in [1.165, 1.54) is 4.90 Å². The van der Waals surface area contributed by atoms with Gasteiger partial charge in [-0.1, -0.05) is 62.4 Å². The van der Waals surface area contributed by atoms with E-state index in [1.807, 2.05) is 104 Å². The number of rotatable bonds is 19. The maximum atomic E-state index is 13.7. The first-order valence-electron chi connectivity index (χ1n) is 20.3. The number of nitrogens with zero attached hydrogens (tertiary/aromatic N) is 2. The monoisotopic (exact) mass is 794 g/mol. The molecule has 0 radical (unpaired) electrons. The number of para-hydroxylation sites is 1. The predicted molar refractivity (Wildman–Crippen MR) is 229 cm³/mol. The van der Waals surface area contributed by atoms with Crippen LogP contribution < -0.4 is 20.9 Å². The van der Waals surface area contributed by atoms with Gasteiger partial charge in [0.2, 0.25) is 11.8 Å². The number of aromatic amines is 1. The third-order valence-electron chi connectivity index (χ3n) is 10.2. The normalized spacial score (nSPS) is 14.9. The lowest BCUT2D eigenvalue weighted by atomic mass is 9.90.